The number of anilines is 2. The van der Waals surface area contributed by atoms with Gasteiger partial charge in [-0.15, -0.1) is 0 Å². The molecule has 1 unspecified atom stereocenters. The van der Waals surface area contributed by atoms with Crippen LogP contribution in [-0.4, -0.2) is 47.9 Å². The molecular weight excluding hydrogens is 554 g/mol. The molecule has 4 heterocycles. The SMILES string of the molecule is Cn1c(=O)c(C(N)=O)c(N2CCC(c3nc4cc(N)ccc4o3)CC2)c2cc(Br)c(OC3CCOC3)cc21. The number of ether oxygens (including phenoxy) is 2. The molecule has 2 aliphatic rings. The zero-order valence-electron chi connectivity index (χ0n) is 20.9. The average molecular weight is 582 g/mol. The smallest absolute Gasteiger partial charge is 0.265 e. The summed E-state index contributed by atoms with van der Waals surface area (Å²) in [5, 5.41) is 0.749. The number of fused-ring (bicyclic) bond motifs is 2. The number of amides is 1. The molecule has 4 N–H and O–H groups in total. The predicted octanol–water partition coefficient (Wildman–Crippen LogP) is 3.68. The van der Waals surface area contributed by atoms with E-state index in [1.807, 2.05) is 18.2 Å². The Morgan fingerprint density at radius 2 is 1.97 bits per heavy atom. The monoisotopic (exact) mass is 581 g/mol. The predicted molar refractivity (Wildman–Crippen MR) is 148 cm³/mol. The molecule has 2 saturated heterocycles. The number of halogens is 1. The lowest BCUT2D eigenvalue weighted by Crippen LogP contribution is -2.38. The number of aromatic nitrogens is 2. The first-order valence-corrected chi connectivity index (χ1v) is 13.4. The molecule has 2 aromatic heterocycles. The lowest BCUT2D eigenvalue weighted by molar-refractivity contribution is 0.0999. The minimum absolute atomic E-state index is 0.0134. The highest BCUT2D eigenvalue weighted by Crippen LogP contribution is 2.39. The summed E-state index contributed by atoms with van der Waals surface area (Å²) in [7, 11) is 1.64. The zero-order valence-corrected chi connectivity index (χ0v) is 22.5. The Morgan fingerprint density at radius 3 is 2.68 bits per heavy atom. The van der Waals surface area contributed by atoms with Crippen molar-refractivity contribution in [3.63, 3.8) is 0 Å². The van der Waals surface area contributed by atoms with Crippen LogP contribution in [0.5, 0.6) is 5.75 Å². The minimum atomic E-state index is -0.749. The van der Waals surface area contributed by atoms with Gasteiger partial charge in [-0.2, -0.15) is 0 Å². The van der Waals surface area contributed by atoms with Gasteiger partial charge >= 0.3 is 0 Å². The van der Waals surface area contributed by atoms with Gasteiger partial charge < -0.3 is 34.8 Å². The van der Waals surface area contributed by atoms with Gasteiger partial charge in [0.15, 0.2) is 11.5 Å². The van der Waals surface area contributed by atoms with E-state index in [1.165, 1.54) is 4.57 Å². The average Bonchev–Trinajstić information content (AvgIpc) is 3.56. The fraction of sp³-hybridized carbons (Fsp3) is 0.370. The molecule has 0 spiro atoms. The summed E-state index contributed by atoms with van der Waals surface area (Å²) in [6.07, 6.45) is 2.23. The van der Waals surface area contributed by atoms with Crippen molar-refractivity contribution >= 4 is 55.2 Å². The van der Waals surface area contributed by atoms with E-state index >= 15 is 0 Å². The number of carbonyl (C=O) groups is 1. The Bertz CT molecular complexity index is 1620. The molecule has 11 heteroatoms. The number of aryl methyl sites for hydroxylation is 1. The van der Waals surface area contributed by atoms with Crippen molar-refractivity contribution < 1.29 is 18.7 Å². The Balaban J connectivity index is 1.36. The number of hydrogen-bond acceptors (Lipinski definition) is 8. The number of piperidine rings is 1. The molecule has 0 saturated carbocycles. The number of primary amides is 1. The van der Waals surface area contributed by atoms with Crippen molar-refractivity contribution in [3.8, 4) is 5.75 Å². The van der Waals surface area contributed by atoms with Crippen molar-refractivity contribution in [2.45, 2.75) is 31.3 Å². The van der Waals surface area contributed by atoms with Gasteiger partial charge in [0.2, 0.25) is 0 Å². The van der Waals surface area contributed by atoms with Crippen molar-refractivity contribution in [1.82, 2.24) is 9.55 Å². The first kappa shape index (κ1) is 24.7. The minimum Gasteiger partial charge on any atom is -0.487 e. The highest BCUT2D eigenvalue weighted by atomic mass is 79.9. The molecule has 38 heavy (non-hydrogen) atoms. The van der Waals surface area contributed by atoms with Crippen LogP contribution in [0.3, 0.4) is 0 Å². The quantitative estimate of drug-likeness (QED) is 0.340. The molecule has 6 rings (SSSR count). The second-order valence-corrected chi connectivity index (χ2v) is 10.8. The molecule has 2 aliphatic heterocycles. The Kier molecular flexibility index (Phi) is 6.27. The molecule has 1 atom stereocenters. The van der Waals surface area contributed by atoms with Crippen LogP contribution in [0.15, 0.2) is 44.0 Å². The summed E-state index contributed by atoms with van der Waals surface area (Å²) in [5.74, 6) is 0.654. The van der Waals surface area contributed by atoms with Crippen molar-refractivity contribution in [1.29, 1.82) is 0 Å². The van der Waals surface area contributed by atoms with Gasteiger partial charge in [-0.1, -0.05) is 0 Å². The van der Waals surface area contributed by atoms with E-state index in [1.54, 1.807) is 19.2 Å². The van der Waals surface area contributed by atoms with E-state index < -0.39 is 11.5 Å². The molecule has 2 aromatic carbocycles. The van der Waals surface area contributed by atoms with Crippen molar-refractivity contribution in [2.24, 2.45) is 12.8 Å². The normalized spacial score (nSPS) is 18.5. The standard InChI is InChI=1S/C27H28BrN5O5/c1-32-20-12-22(37-16-6-9-36-13-16)18(28)11-17(20)24(23(25(30)34)27(32)35)33-7-4-14(5-8-33)26-31-19-10-15(29)2-3-21(19)38-26/h2-3,10-12,14,16H,4-9,13,29H2,1H3,(H2,30,34). The summed E-state index contributed by atoms with van der Waals surface area (Å²) >= 11 is 3.63. The van der Waals surface area contributed by atoms with E-state index in [0.717, 1.165) is 34.6 Å². The number of nitrogens with zero attached hydrogens (tertiary/aromatic N) is 3. The highest BCUT2D eigenvalue weighted by molar-refractivity contribution is 9.10. The summed E-state index contributed by atoms with van der Waals surface area (Å²) in [6, 6.07) is 9.17. The van der Waals surface area contributed by atoms with Crippen LogP contribution >= 0.6 is 15.9 Å². The van der Waals surface area contributed by atoms with Gasteiger partial charge in [0.05, 0.1) is 28.9 Å². The van der Waals surface area contributed by atoms with Crippen LogP contribution in [0.4, 0.5) is 11.4 Å². The number of benzene rings is 2. The number of oxazole rings is 1. The Hall–Kier alpha value is -3.57. The molecule has 198 valence electrons. The lowest BCUT2D eigenvalue weighted by Gasteiger charge is -2.34. The van der Waals surface area contributed by atoms with Gasteiger partial charge in [-0.05, 0) is 53.0 Å². The first-order valence-electron chi connectivity index (χ1n) is 12.6. The summed E-state index contributed by atoms with van der Waals surface area (Å²) in [6.45, 7) is 2.39. The van der Waals surface area contributed by atoms with Crippen LogP contribution in [-0.2, 0) is 11.8 Å². The summed E-state index contributed by atoms with van der Waals surface area (Å²) in [4.78, 5) is 32.7. The lowest BCUT2D eigenvalue weighted by atomic mass is 9.95. The van der Waals surface area contributed by atoms with Gasteiger partial charge in [0, 0.05) is 49.6 Å². The second-order valence-electron chi connectivity index (χ2n) is 9.90. The number of carbonyl (C=O) groups excluding carboxylic acids is 1. The van der Waals surface area contributed by atoms with Gasteiger partial charge in [-0.25, -0.2) is 4.98 Å². The topological polar surface area (TPSA) is 139 Å². The maximum absolute atomic E-state index is 13.4. The molecule has 0 radical (unpaired) electrons. The Labute approximate surface area is 226 Å². The molecule has 0 aliphatic carbocycles. The fourth-order valence-corrected chi connectivity index (χ4v) is 5.87. The van der Waals surface area contributed by atoms with E-state index in [-0.39, 0.29) is 17.6 Å². The fourth-order valence-electron chi connectivity index (χ4n) is 5.44. The molecular formula is C27H28BrN5O5. The molecule has 4 aromatic rings. The second kappa shape index (κ2) is 9.63. The summed E-state index contributed by atoms with van der Waals surface area (Å²) < 4.78 is 19.8. The van der Waals surface area contributed by atoms with Crippen LogP contribution in [0, 0.1) is 0 Å². The van der Waals surface area contributed by atoms with Crippen LogP contribution in [0.25, 0.3) is 22.0 Å². The summed E-state index contributed by atoms with van der Waals surface area (Å²) in [5.41, 5.74) is 14.5. The third kappa shape index (κ3) is 4.29. The van der Waals surface area contributed by atoms with E-state index in [2.05, 4.69) is 25.8 Å². The van der Waals surface area contributed by atoms with Crippen LogP contribution in [0.2, 0.25) is 0 Å². The first-order chi connectivity index (χ1) is 18.3. The van der Waals surface area contributed by atoms with Gasteiger partial charge in [0.1, 0.15) is 22.9 Å². The van der Waals surface area contributed by atoms with Crippen LogP contribution < -0.4 is 26.7 Å². The number of nitrogen functional groups attached to an aromatic ring is 1. The van der Waals surface area contributed by atoms with Gasteiger partial charge in [0.25, 0.3) is 11.5 Å². The largest absolute Gasteiger partial charge is 0.487 e. The van der Waals surface area contributed by atoms with E-state index in [9.17, 15) is 9.59 Å². The van der Waals surface area contributed by atoms with Crippen molar-refractivity contribution in [2.75, 3.05) is 36.9 Å². The van der Waals surface area contributed by atoms with Crippen LogP contribution in [0.1, 0.15) is 41.4 Å². The van der Waals surface area contributed by atoms with Gasteiger partial charge in [-0.3, -0.25) is 9.59 Å². The highest BCUT2D eigenvalue weighted by Gasteiger charge is 2.30. The Morgan fingerprint density at radius 1 is 1.18 bits per heavy atom. The molecule has 10 nitrogen and oxygen atoms in total. The third-order valence-electron chi connectivity index (χ3n) is 7.44. The number of rotatable bonds is 5. The van der Waals surface area contributed by atoms with E-state index in [4.69, 9.17) is 25.4 Å². The number of hydrogen-bond donors (Lipinski definition) is 2. The molecule has 0 bridgehead atoms. The van der Waals surface area contributed by atoms with E-state index in [0.29, 0.717) is 60.4 Å². The van der Waals surface area contributed by atoms with Crippen molar-refractivity contribution in [3.05, 3.63) is 56.6 Å². The maximum Gasteiger partial charge on any atom is 0.265 e. The number of nitrogens with two attached hydrogens (primary N) is 2. The maximum atomic E-state index is 13.4. The zero-order chi connectivity index (χ0) is 26.6. The number of pyridine rings is 1. The molecule has 1 amide bonds. The molecule has 2 fully saturated rings. The third-order valence-corrected chi connectivity index (χ3v) is 8.06.